The van der Waals surface area contributed by atoms with E-state index in [4.69, 9.17) is 0 Å². The molecule has 0 unspecified atom stereocenters. The molecule has 0 amide bonds. The van der Waals surface area contributed by atoms with Gasteiger partial charge in [-0.15, -0.1) is 0 Å². The van der Waals surface area contributed by atoms with Gasteiger partial charge < -0.3 is 0 Å². The lowest BCUT2D eigenvalue weighted by molar-refractivity contribution is -0.956. The first kappa shape index (κ1) is 6.27. The van der Waals surface area contributed by atoms with Crippen LogP contribution in [-0.2, 0) is 9.68 Å². The van der Waals surface area contributed by atoms with Crippen LogP contribution in [0.3, 0.4) is 0 Å². The molecule has 0 saturated carbocycles. The monoisotopic (exact) mass is 104 g/mol. The predicted molar refractivity (Wildman–Crippen MR) is 26.0 cm³/mol. The van der Waals surface area contributed by atoms with Crippen molar-refractivity contribution in [1.82, 2.24) is 0 Å². The van der Waals surface area contributed by atoms with Crippen LogP contribution in [0.15, 0.2) is 0 Å². The second kappa shape index (κ2) is 3.46. The van der Waals surface area contributed by atoms with Crippen LogP contribution >= 0.6 is 0 Å². The first-order chi connectivity index (χ1) is 3.35. The van der Waals surface area contributed by atoms with Gasteiger partial charge in [-0.25, -0.2) is 9.68 Å². The van der Waals surface area contributed by atoms with E-state index >= 15 is 0 Å². The summed E-state index contributed by atoms with van der Waals surface area (Å²) < 4.78 is 0. The van der Waals surface area contributed by atoms with E-state index in [1.807, 2.05) is 6.92 Å². The van der Waals surface area contributed by atoms with Gasteiger partial charge in [0.2, 0.25) is 0 Å². The zero-order valence-corrected chi connectivity index (χ0v) is 4.84. The molecule has 0 aromatic heterocycles. The lowest BCUT2D eigenvalue weighted by Crippen LogP contribution is -2.07. The van der Waals surface area contributed by atoms with Gasteiger partial charge in [0, 0.05) is 6.92 Å². The standard InChI is InChI=1S/C4H10NO2/c1-4-5(6-2)7-3/h4H,1-3H3/q+1. The molecule has 0 spiro atoms. The quantitative estimate of drug-likeness (QED) is 0.369. The fourth-order valence-electron chi connectivity index (χ4n) is 0.285. The largest absolute Gasteiger partial charge is 0.250 e. The minimum Gasteiger partial charge on any atom is -0.234 e. The van der Waals surface area contributed by atoms with E-state index in [1.54, 1.807) is 6.21 Å². The summed E-state index contributed by atoms with van der Waals surface area (Å²) in [6.45, 7) is 1.81. The van der Waals surface area contributed by atoms with Gasteiger partial charge in [-0.1, -0.05) is 0 Å². The van der Waals surface area contributed by atoms with Crippen LogP contribution in [0.5, 0.6) is 0 Å². The first-order valence-corrected chi connectivity index (χ1v) is 2.02. The summed E-state index contributed by atoms with van der Waals surface area (Å²) in [6, 6.07) is 0. The number of hydrogen-bond acceptors (Lipinski definition) is 2. The van der Waals surface area contributed by atoms with E-state index in [2.05, 4.69) is 9.68 Å². The van der Waals surface area contributed by atoms with Crippen molar-refractivity contribution in [3.05, 3.63) is 0 Å². The van der Waals surface area contributed by atoms with Gasteiger partial charge in [-0.2, -0.15) is 0 Å². The summed E-state index contributed by atoms with van der Waals surface area (Å²) in [6.07, 6.45) is 1.67. The Kier molecular flexibility index (Phi) is 3.10. The minimum absolute atomic E-state index is 1.25. The maximum Gasteiger partial charge on any atom is 0.250 e. The number of rotatable bonds is 2. The summed E-state index contributed by atoms with van der Waals surface area (Å²) in [5.41, 5.74) is 0. The topological polar surface area (TPSA) is 21.5 Å². The lowest BCUT2D eigenvalue weighted by Gasteiger charge is -1.87. The van der Waals surface area contributed by atoms with Crippen LogP contribution in [0.2, 0.25) is 0 Å². The van der Waals surface area contributed by atoms with Crippen LogP contribution in [0.1, 0.15) is 6.92 Å². The molecule has 0 aliphatic rings. The van der Waals surface area contributed by atoms with Crippen molar-refractivity contribution < 1.29 is 14.6 Å². The average Bonchev–Trinajstić information content (AvgIpc) is 1.72. The van der Waals surface area contributed by atoms with Gasteiger partial charge in [0.1, 0.15) is 0 Å². The highest BCUT2D eigenvalue weighted by molar-refractivity contribution is 5.45. The fraction of sp³-hybridized carbons (Fsp3) is 0.750. The molecule has 3 heteroatoms. The van der Waals surface area contributed by atoms with E-state index in [0.29, 0.717) is 0 Å². The molecule has 0 aromatic carbocycles. The molecule has 3 nitrogen and oxygen atoms in total. The zero-order chi connectivity index (χ0) is 5.70. The van der Waals surface area contributed by atoms with Crippen LogP contribution in [0, 0.1) is 0 Å². The Morgan fingerprint density at radius 3 is 1.71 bits per heavy atom. The Morgan fingerprint density at radius 1 is 1.29 bits per heavy atom. The summed E-state index contributed by atoms with van der Waals surface area (Å²) in [7, 11) is 3.06. The smallest absolute Gasteiger partial charge is 0.234 e. The Bertz CT molecular complexity index is 64.1. The van der Waals surface area contributed by atoms with Crippen molar-refractivity contribution >= 4 is 6.21 Å². The van der Waals surface area contributed by atoms with Gasteiger partial charge in [0.25, 0.3) is 6.21 Å². The Hall–Kier alpha value is -0.730. The normalized spacial score (nSPS) is 7.29. The van der Waals surface area contributed by atoms with Crippen LogP contribution in [0.4, 0.5) is 0 Å². The van der Waals surface area contributed by atoms with E-state index in [9.17, 15) is 0 Å². The molecule has 0 rings (SSSR count). The van der Waals surface area contributed by atoms with E-state index in [0.717, 1.165) is 0 Å². The maximum absolute atomic E-state index is 4.60. The van der Waals surface area contributed by atoms with Crippen LogP contribution in [-0.4, -0.2) is 25.3 Å². The molecule has 0 radical (unpaired) electrons. The second-order valence-corrected chi connectivity index (χ2v) is 0.909. The molecule has 0 atom stereocenters. The average molecular weight is 104 g/mol. The van der Waals surface area contributed by atoms with Crippen LogP contribution in [0.25, 0.3) is 0 Å². The second-order valence-electron chi connectivity index (χ2n) is 0.909. The summed E-state index contributed by atoms with van der Waals surface area (Å²) >= 11 is 0. The number of hydrogen-bond donors (Lipinski definition) is 0. The van der Waals surface area contributed by atoms with Crippen molar-refractivity contribution in [3.63, 3.8) is 0 Å². The Balaban J connectivity index is 3.38. The third-order valence-electron chi connectivity index (χ3n) is 0.571. The molecule has 0 bridgehead atoms. The van der Waals surface area contributed by atoms with E-state index in [1.165, 1.54) is 19.1 Å². The molecule has 7 heavy (non-hydrogen) atoms. The fourth-order valence-corrected chi connectivity index (χ4v) is 0.285. The van der Waals surface area contributed by atoms with E-state index in [-0.39, 0.29) is 0 Å². The molecule has 0 fully saturated rings. The molecule has 0 saturated heterocycles. The molecular weight excluding hydrogens is 94.0 g/mol. The van der Waals surface area contributed by atoms with E-state index < -0.39 is 0 Å². The molecular formula is C4H10NO2+. The highest BCUT2D eigenvalue weighted by atomic mass is 16.9. The van der Waals surface area contributed by atoms with Crippen molar-refractivity contribution in [2.24, 2.45) is 0 Å². The Morgan fingerprint density at radius 2 is 1.71 bits per heavy atom. The maximum atomic E-state index is 4.60. The first-order valence-electron chi connectivity index (χ1n) is 2.02. The SMILES string of the molecule is CC=[N+](OC)OC. The van der Waals surface area contributed by atoms with Crippen molar-refractivity contribution in [2.75, 3.05) is 14.2 Å². The third kappa shape index (κ3) is 2.03. The van der Waals surface area contributed by atoms with Gasteiger partial charge >= 0.3 is 0 Å². The minimum atomic E-state index is 1.25. The van der Waals surface area contributed by atoms with Crippen LogP contribution < -0.4 is 0 Å². The summed E-state index contributed by atoms with van der Waals surface area (Å²) in [5.74, 6) is 0. The van der Waals surface area contributed by atoms with Gasteiger partial charge in [0.15, 0.2) is 19.1 Å². The summed E-state index contributed by atoms with van der Waals surface area (Å²) in [5, 5.41) is 0. The molecule has 42 valence electrons. The molecule has 0 aliphatic carbocycles. The molecule has 0 aliphatic heterocycles. The Labute approximate surface area is 43.1 Å². The molecule has 0 N–H and O–H groups in total. The van der Waals surface area contributed by atoms with Crippen molar-refractivity contribution in [2.45, 2.75) is 6.92 Å². The van der Waals surface area contributed by atoms with Crippen molar-refractivity contribution in [3.8, 4) is 0 Å². The highest BCUT2D eigenvalue weighted by Crippen LogP contribution is 1.69. The predicted octanol–water partition coefficient (Wildman–Crippen LogP) is 0.212. The zero-order valence-electron chi connectivity index (χ0n) is 4.84. The number of nitrogens with zero attached hydrogens (tertiary/aromatic N) is 1. The molecule has 0 aromatic rings. The highest BCUT2D eigenvalue weighted by Gasteiger charge is 1.91. The van der Waals surface area contributed by atoms with Gasteiger partial charge in [-0.05, 0) is 0 Å². The van der Waals surface area contributed by atoms with Gasteiger partial charge in [0.05, 0.1) is 0 Å². The third-order valence-corrected chi connectivity index (χ3v) is 0.571. The van der Waals surface area contributed by atoms with Crippen molar-refractivity contribution in [1.29, 1.82) is 0 Å². The molecule has 0 heterocycles. The lowest BCUT2D eigenvalue weighted by atomic mass is 10.9. The van der Waals surface area contributed by atoms with Gasteiger partial charge in [-0.3, -0.25) is 0 Å². The summed E-state index contributed by atoms with van der Waals surface area (Å²) in [4.78, 5) is 10.5.